The molecule has 5 heteroatoms. The van der Waals surface area contributed by atoms with Crippen molar-refractivity contribution < 1.29 is 9.90 Å². The summed E-state index contributed by atoms with van der Waals surface area (Å²) in [6, 6.07) is 5.03. The maximum Gasteiger partial charge on any atom is 0.335 e. The highest BCUT2D eigenvalue weighted by Crippen LogP contribution is 2.20. The SMILES string of the molecule is Cc1nccn1Cc1ccc(C(=O)O)cc1Br. The number of carbonyl (C=O) groups is 1. The maximum absolute atomic E-state index is 10.8. The van der Waals surface area contributed by atoms with Gasteiger partial charge in [0.1, 0.15) is 5.82 Å². The quantitative estimate of drug-likeness (QED) is 0.947. The summed E-state index contributed by atoms with van der Waals surface area (Å²) in [6.07, 6.45) is 3.64. The number of carboxylic acids is 1. The molecular weight excluding hydrogens is 284 g/mol. The first-order valence-electron chi connectivity index (χ1n) is 5.07. The Balaban J connectivity index is 2.29. The van der Waals surface area contributed by atoms with Gasteiger partial charge in [-0.25, -0.2) is 9.78 Å². The number of aromatic nitrogens is 2. The van der Waals surface area contributed by atoms with Gasteiger partial charge in [0.15, 0.2) is 0 Å². The van der Waals surface area contributed by atoms with Gasteiger partial charge in [0.05, 0.1) is 5.56 Å². The van der Waals surface area contributed by atoms with Crippen LogP contribution >= 0.6 is 15.9 Å². The normalized spacial score (nSPS) is 10.5. The summed E-state index contributed by atoms with van der Waals surface area (Å²) in [6.45, 7) is 2.60. The smallest absolute Gasteiger partial charge is 0.335 e. The number of aryl methyl sites for hydroxylation is 1. The molecule has 0 spiro atoms. The lowest BCUT2D eigenvalue weighted by molar-refractivity contribution is 0.0697. The molecule has 17 heavy (non-hydrogen) atoms. The highest BCUT2D eigenvalue weighted by molar-refractivity contribution is 9.10. The van der Waals surface area contributed by atoms with E-state index in [0.29, 0.717) is 6.54 Å². The van der Waals surface area contributed by atoms with Gasteiger partial charge in [0.25, 0.3) is 0 Å². The molecule has 4 nitrogen and oxygen atoms in total. The van der Waals surface area contributed by atoms with Gasteiger partial charge in [-0.15, -0.1) is 0 Å². The maximum atomic E-state index is 10.8. The number of carboxylic acid groups (broad SMARTS) is 1. The first-order valence-corrected chi connectivity index (χ1v) is 5.86. The topological polar surface area (TPSA) is 55.1 Å². The first-order chi connectivity index (χ1) is 8.08. The minimum atomic E-state index is -0.920. The number of nitrogens with zero attached hydrogens (tertiary/aromatic N) is 2. The van der Waals surface area contributed by atoms with Crippen molar-refractivity contribution in [2.45, 2.75) is 13.5 Å². The molecule has 88 valence electrons. The van der Waals surface area contributed by atoms with E-state index >= 15 is 0 Å². The molecule has 0 saturated heterocycles. The van der Waals surface area contributed by atoms with Crippen LogP contribution in [0.2, 0.25) is 0 Å². The average molecular weight is 295 g/mol. The van der Waals surface area contributed by atoms with Crippen molar-refractivity contribution in [2.24, 2.45) is 0 Å². The van der Waals surface area contributed by atoms with Crippen LogP contribution in [0.3, 0.4) is 0 Å². The number of halogens is 1. The number of hydrogen-bond donors (Lipinski definition) is 1. The zero-order chi connectivity index (χ0) is 12.4. The highest BCUT2D eigenvalue weighted by atomic mass is 79.9. The van der Waals surface area contributed by atoms with Crippen LogP contribution in [0.15, 0.2) is 35.1 Å². The molecule has 0 bridgehead atoms. The number of aromatic carboxylic acids is 1. The Kier molecular flexibility index (Phi) is 3.28. The van der Waals surface area contributed by atoms with Crippen LogP contribution in [-0.2, 0) is 6.54 Å². The summed E-state index contributed by atoms with van der Waals surface area (Å²) in [7, 11) is 0. The van der Waals surface area contributed by atoms with Gasteiger partial charge in [0.2, 0.25) is 0 Å². The van der Waals surface area contributed by atoms with Gasteiger partial charge in [-0.05, 0) is 24.6 Å². The molecule has 1 N–H and O–H groups in total. The molecule has 2 aromatic rings. The lowest BCUT2D eigenvalue weighted by Gasteiger charge is -2.08. The monoisotopic (exact) mass is 294 g/mol. The van der Waals surface area contributed by atoms with Crippen molar-refractivity contribution in [3.63, 3.8) is 0 Å². The van der Waals surface area contributed by atoms with Gasteiger partial charge in [-0.1, -0.05) is 22.0 Å². The van der Waals surface area contributed by atoms with Crippen LogP contribution in [-0.4, -0.2) is 20.6 Å². The standard InChI is InChI=1S/C12H11BrN2O2/c1-8-14-4-5-15(8)7-10-3-2-9(12(16)17)6-11(10)13/h2-6H,7H2,1H3,(H,16,17). The summed E-state index contributed by atoms with van der Waals surface area (Å²) in [4.78, 5) is 14.9. The van der Waals surface area contributed by atoms with E-state index in [1.54, 1.807) is 18.3 Å². The second kappa shape index (κ2) is 4.71. The molecule has 0 amide bonds. The predicted molar refractivity (Wildman–Crippen MR) is 67.2 cm³/mol. The summed E-state index contributed by atoms with van der Waals surface area (Å²) in [5.41, 5.74) is 1.30. The van der Waals surface area contributed by atoms with E-state index in [-0.39, 0.29) is 5.56 Å². The second-order valence-corrected chi connectivity index (χ2v) is 4.57. The van der Waals surface area contributed by atoms with E-state index in [1.165, 1.54) is 0 Å². The van der Waals surface area contributed by atoms with E-state index in [2.05, 4.69) is 20.9 Å². The summed E-state index contributed by atoms with van der Waals surface area (Å²) in [5.74, 6) is 0.00951. The molecule has 1 heterocycles. The van der Waals surface area contributed by atoms with Crippen molar-refractivity contribution in [1.29, 1.82) is 0 Å². The molecule has 0 radical (unpaired) electrons. The van der Waals surface area contributed by atoms with Crippen LogP contribution in [0.25, 0.3) is 0 Å². The van der Waals surface area contributed by atoms with Crippen LogP contribution in [0, 0.1) is 6.92 Å². The Morgan fingerprint density at radius 2 is 2.29 bits per heavy atom. The Morgan fingerprint density at radius 1 is 1.53 bits per heavy atom. The average Bonchev–Trinajstić information content (AvgIpc) is 2.67. The Labute approximate surface area is 107 Å². The molecule has 1 aromatic heterocycles. The minimum absolute atomic E-state index is 0.281. The summed E-state index contributed by atoms with van der Waals surface area (Å²) < 4.78 is 2.80. The first kappa shape index (κ1) is 11.9. The van der Waals surface area contributed by atoms with Gasteiger partial charge >= 0.3 is 5.97 Å². The van der Waals surface area contributed by atoms with E-state index in [0.717, 1.165) is 15.9 Å². The predicted octanol–water partition coefficient (Wildman–Crippen LogP) is 2.70. The fraction of sp³-hybridized carbons (Fsp3) is 0.167. The van der Waals surface area contributed by atoms with Crippen LogP contribution in [0.4, 0.5) is 0 Å². The molecule has 0 saturated carbocycles. The van der Waals surface area contributed by atoms with Crippen LogP contribution < -0.4 is 0 Å². The van der Waals surface area contributed by atoms with Crippen molar-refractivity contribution >= 4 is 21.9 Å². The van der Waals surface area contributed by atoms with Crippen LogP contribution in [0.5, 0.6) is 0 Å². The third kappa shape index (κ3) is 2.55. The van der Waals surface area contributed by atoms with Gasteiger partial charge in [0, 0.05) is 23.4 Å². The van der Waals surface area contributed by atoms with Crippen molar-refractivity contribution in [3.8, 4) is 0 Å². The molecule has 0 fully saturated rings. The lowest BCUT2D eigenvalue weighted by atomic mass is 10.1. The van der Waals surface area contributed by atoms with E-state index < -0.39 is 5.97 Å². The van der Waals surface area contributed by atoms with Crippen molar-refractivity contribution in [1.82, 2.24) is 9.55 Å². The van der Waals surface area contributed by atoms with E-state index in [9.17, 15) is 4.79 Å². The molecule has 0 aliphatic rings. The largest absolute Gasteiger partial charge is 0.478 e. The van der Waals surface area contributed by atoms with Gasteiger partial charge < -0.3 is 9.67 Å². The molecule has 0 atom stereocenters. The van der Waals surface area contributed by atoms with Crippen LogP contribution in [0.1, 0.15) is 21.7 Å². The number of hydrogen-bond acceptors (Lipinski definition) is 2. The molecule has 0 aliphatic carbocycles. The third-order valence-electron chi connectivity index (χ3n) is 2.56. The van der Waals surface area contributed by atoms with E-state index in [1.807, 2.05) is 23.8 Å². The Bertz CT molecular complexity index is 563. The summed E-state index contributed by atoms with van der Waals surface area (Å²) in [5, 5.41) is 8.86. The molecule has 0 aliphatic heterocycles. The fourth-order valence-electron chi connectivity index (χ4n) is 1.56. The Hall–Kier alpha value is -1.62. The second-order valence-electron chi connectivity index (χ2n) is 3.71. The zero-order valence-electron chi connectivity index (χ0n) is 9.22. The number of rotatable bonds is 3. The molecule has 1 aromatic carbocycles. The minimum Gasteiger partial charge on any atom is -0.478 e. The summed E-state index contributed by atoms with van der Waals surface area (Å²) >= 11 is 3.39. The van der Waals surface area contributed by atoms with Crippen molar-refractivity contribution in [2.75, 3.05) is 0 Å². The molecule has 0 unspecified atom stereocenters. The lowest BCUT2D eigenvalue weighted by Crippen LogP contribution is -2.03. The van der Waals surface area contributed by atoms with Gasteiger partial charge in [-0.2, -0.15) is 0 Å². The van der Waals surface area contributed by atoms with E-state index in [4.69, 9.17) is 5.11 Å². The number of benzene rings is 1. The zero-order valence-corrected chi connectivity index (χ0v) is 10.8. The molecular formula is C12H11BrN2O2. The Morgan fingerprint density at radius 3 is 2.82 bits per heavy atom. The fourth-order valence-corrected chi connectivity index (χ4v) is 2.07. The molecule has 2 rings (SSSR count). The van der Waals surface area contributed by atoms with Crippen molar-refractivity contribution in [3.05, 3.63) is 52.0 Å². The third-order valence-corrected chi connectivity index (χ3v) is 3.30. The number of imidazole rings is 1. The van der Waals surface area contributed by atoms with Gasteiger partial charge in [-0.3, -0.25) is 0 Å². The highest BCUT2D eigenvalue weighted by Gasteiger charge is 2.07.